The minimum atomic E-state index is -1.11. The summed E-state index contributed by atoms with van der Waals surface area (Å²) in [5.41, 5.74) is -0.211. The Morgan fingerprint density at radius 3 is 1.38 bits per heavy atom. The van der Waals surface area contributed by atoms with Crippen molar-refractivity contribution >= 4 is 70.8 Å². The van der Waals surface area contributed by atoms with Crippen molar-refractivity contribution in [2.45, 2.75) is 133 Å². The van der Waals surface area contributed by atoms with E-state index >= 15 is 0 Å². The van der Waals surface area contributed by atoms with Gasteiger partial charge in [0.05, 0.1) is 22.8 Å². The average molecular weight is 1020 g/mol. The van der Waals surface area contributed by atoms with Gasteiger partial charge in [-0.3, -0.25) is 38.4 Å². The van der Waals surface area contributed by atoms with E-state index in [2.05, 4.69) is 31.9 Å². The van der Waals surface area contributed by atoms with Gasteiger partial charge in [0.15, 0.2) is 0 Å². The Labute approximate surface area is 426 Å². The Hall–Kier alpha value is -5.18. The third-order valence-corrected chi connectivity index (χ3v) is 17.4. The van der Waals surface area contributed by atoms with Gasteiger partial charge < -0.3 is 51.5 Å². The normalized spacial score (nSPS) is 26.6. The van der Waals surface area contributed by atoms with Crippen LogP contribution in [-0.4, -0.2) is 166 Å². The molecule has 2 aromatic carbocycles. The molecular formula is C51H72N10O8S2. The first kappa shape index (κ1) is 53.6. The molecule has 5 fully saturated rings. The monoisotopic (exact) mass is 1020 g/mol. The number of benzene rings is 2. The van der Waals surface area contributed by atoms with Crippen LogP contribution in [0, 0.1) is 10.8 Å². The molecule has 0 saturated carbocycles. The number of thioether (sulfide) groups is 2. The maximum atomic E-state index is 14.7. The number of nitrogens with one attached hydrogen (secondary N) is 6. The maximum Gasteiger partial charge on any atom is 0.249 e. The van der Waals surface area contributed by atoms with Gasteiger partial charge in [-0.1, -0.05) is 95.3 Å². The third kappa shape index (κ3) is 11.6. The number of carbonyl (C=O) groups excluding carboxylic acids is 8. The van der Waals surface area contributed by atoms with Gasteiger partial charge >= 0.3 is 0 Å². The Balaban J connectivity index is 1.06. The molecule has 5 aliphatic rings. The highest BCUT2D eigenvalue weighted by molar-refractivity contribution is 8.00. The van der Waals surface area contributed by atoms with Crippen molar-refractivity contribution in [3.8, 4) is 0 Å². The van der Waals surface area contributed by atoms with Gasteiger partial charge in [0.2, 0.25) is 47.3 Å². The molecule has 71 heavy (non-hydrogen) atoms. The number of carbonyl (C=O) groups is 8. The summed E-state index contributed by atoms with van der Waals surface area (Å²) in [4.78, 5) is 120. The molecule has 7 rings (SSSR count). The van der Waals surface area contributed by atoms with E-state index in [9.17, 15) is 38.4 Å². The lowest BCUT2D eigenvalue weighted by Gasteiger charge is -2.39. The van der Waals surface area contributed by atoms with Crippen LogP contribution in [-0.2, 0) is 38.4 Å². The summed E-state index contributed by atoms with van der Waals surface area (Å²) in [6.07, 6.45) is 2.48. The number of nitrogens with zero attached hydrogens (tertiary/aromatic N) is 4. The summed E-state index contributed by atoms with van der Waals surface area (Å²) in [5, 5.41) is 17.2. The van der Waals surface area contributed by atoms with Crippen molar-refractivity contribution in [2.24, 2.45) is 10.8 Å². The number of likely N-dealkylation sites (N-methyl/N-ethyl adjacent to an activating group) is 2. The van der Waals surface area contributed by atoms with E-state index in [4.69, 9.17) is 0 Å². The van der Waals surface area contributed by atoms with Crippen LogP contribution in [0.3, 0.4) is 0 Å². The van der Waals surface area contributed by atoms with Crippen molar-refractivity contribution in [1.82, 2.24) is 51.5 Å². The van der Waals surface area contributed by atoms with Gasteiger partial charge in [0, 0.05) is 26.2 Å². The predicted octanol–water partition coefficient (Wildman–Crippen LogP) is 2.13. The van der Waals surface area contributed by atoms with Gasteiger partial charge in [-0.25, -0.2) is 0 Å². The largest absolute Gasteiger partial charge is 0.343 e. The molecule has 18 nitrogen and oxygen atoms in total. The Kier molecular flexibility index (Phi) is 17.1. The van der Waals surface area contributed by atoms with Crippen LogP contribution in [0.25, 0.3) is 0 Å². The topological polar surface area (TPSA) is 222 Å². The van der Waals surface area contributed by atoms with Crippen molar-refractivity contribution in [3.05, 3.63) is 71.8 Å². The zero-order valence-corrected chi connectivity index (χ0v) is 43.8. The Morgan fingerprint density at radius 1 is 0.620 bits per heavy atom. The van der Waals surface area contributed by atoms with Crippen LogP contribution in [0.1, 0.15) is 96.9 Å². The molecule has 0 aliphatic carbocycles. The molecule has 0 bridgehead atoms. The summed E-state index contributed by atoms with van der Waals surface area (Å²) in [5.74, 6) is -1.69. The average Bonchev–Trinajstić information content (AvgIpc) is 3.68. The highest BCUT2D eigenvalue weighted by Crippen LogP contribution is 2.48. The van der Waals surface area contributed by atoms with Gasteiger partial charge in [0.1, 0.15) is 36.3 Å². The van der Waals surface area contributed by atoms with E-state index in [-0.39, 0.29) is 72.4 Å². The van der Waals surface area contributed by atoms with E-state index in [1.165, 1.54) is 0 Å². The van der Waals surface area contributed by atoms with Crippen LogP contribution in [0.4, 0.5) is 0 Å². The Bertz CT molecular complexity index is 2300. The third-order valence-electron chi connectivity index (χ3n) is 14.9. The van der Waals surface area contributed by atoms with Crippen LogP contribution < -0.4 is 31.9 Å². The van der Waals surface area contributed by atoms with E-state index < -0.39 is 71.0 Å². The fraction of sp³-hybridized carbons (Fsp3) is 0.608. The van der Waals surface area contributed by atoms with E-state index in [1.807, 2.05) is 46.8 Å². The minimum Gasteiger partial charge on any atom is -0.343 e. The molecule has 0 spiro atoms. The molecule has 386 valence electrons. The molecule has 5 saturated heterocycles. The zero-order chi connectivity index (χ0) is 51.4. The number of piperazine rings is 1. The molecular weight excluding hydrogens is 945 g/mol. The first-order valence-corrected chi connectivity index (χ1v) is 27.0. The van der Waals surface area contributed by atoms with Gasteiger partial charge in [0.25, 0.3) is 0 Å². The van der Waals surface area contributed by atoms with Crippen molar-refractivity contribution in [3.63, 3.8) is 0 Å². The van der Waals surface area contributed by atoms with E-state index in [1.54, 1.807) is 113 Å². The van der Waals surface area contributed by atoms with Crippen molar-refractivity contribution in [1.29, 1.82) is 0 Å². The van der Waals surface area contributed by atoms with E-state index in [0.29, 0.717) is 54.7 Å². The highest BCUT2D eigenvalue weighted by atomic mass is 32.2. The molecule has 0 radical (unpaired) electrons. The van der Waals surface area contributed by atoms with Crippen LogP contribution >= 0.6 is 23.5 Å². The molecule has 20 heteroatoms. The molecule has 2 aromatic rings. The van der Waals surface area contributed by atoms with Crippen molar-refractivity contribution in [2.75, 3.05) is 51.8 Å². The predicted molar refractivity (Wildman–Crippen MR) is 273 cm³/mol. The van der Waals surface area contributed by atoms with E-state index in [0.717, 1.165) is 0 Å². The molecule has 10 atom stereocenters. The van der Waals surface area contributed by atoms with Gasteiger partial charge in [-0.15, -0.1) is 23.5 Å². The Morgan fingerprint density at radius 2 is 1.01 bits per heavy atom. The number of fused-ring (bicyclic) bond motifs is 2. The van der Waals surface area contributed by atoms with Gasteiger partial charge in [-0.05, 0) is 86.6 Å². The number of amides is 8. The fourth-order valence-corrected chi connectivity index (χ4v) is 13.9. The molecule has 5 heterocycles. The molecule has 0 aromatic heterocycles. The molecule has 5 aliphatic heterocycles. The zero-order valence-electron chi connectivity index (χ0n) is 42.2. The number of hydrogen-bond donors (Lipinski definition) is 6. The second-order valence-corrected chi connectivity index (χ2v) is 23.2. The summed E-state index contributed by atoms with van der Waals surface area (Å²) >= 11 is 3.18. The second kappa shape index (κ2) is 22.7. The quantitative estimate of drug-likeness (QED) is 0.151. The molecule has 0 unspecified atom stereocenters. The standard InChI is InChI=1S/C51H72N10O8S2/c1-9-33(53-8)43(63)55-35-21-27-71-37-29-51(5,6)41(61(37)47(35)67)45(65)57-39(32-18-14-11-15-19-32)49(69)59-24-22-58(23-25-59)48(68)38(31-16-12-10-13-17-31)56-44(64)40-50(3,4)28-36-60(40)46(66)34(20-26-70-36)54-42(62)30(2)52-7/h10-19,30,33-41,52-53H,9,20-29H2,1-8H3,(H,54,62)(H,55,63)(H,56,64)(H,57,65)/t30-,33-,34-,35-,36-,37-,38-,39-,40+,41+/m0/s1. The SMILES string of the molecule is CC[C@H](NC)C(=O)N[C@H]1CCS[C@H]2CC(C)(C)[C@@H](C(=O)N[C@H](C(=O)N3CCN(C(=O)[C@@H](NC(=O)[C@H]4N5C(=O)[C@@H](NC(=O)[C@H](C)NC)CCS[C@H]5CC4(C)C)c4ccccc4)CC3)c3ccccc3)N2C1=O. The second-order valence-electron chi connectivity index (χ2n) is 20.6. The summed E-state index contributed by atoms with van der Waals surface area (Å²) in [6, 6.07) is 11.2. The summed E-state index contributed by atoms with van der Waals surface area (Å²) in [7, 11) is 3.37. The summed E-state index contributed by atoms with van der Waals surface area (Å²) in [6.45, 7) is 11.9. The van der Waals surface area contributed by atoms with Crippen molar-refractivity contribution < 1.29 is 38.4 Å². The molecule has 8 amide bonds. The highest BCUT2D eigenvalue weighted by Gasteiger charge is 2.57. The minimum absolute atomic E-state index is 0.139. The fourth-order valence-electron chi connectivity index (χ4n) is 10.7. The first-order chi connectivity index (χ1) is 33.8. The summed E-state index contributed by atoms with van der Waals surface area (Å²) < 4.78 is 0. The lowest BCUT2D eigenvalue weighted by Crippen LogP contribution is -2.60. The molecule has 6 N–H and O–H groups in total. The van der Waals surface area contributed by atoms with Crippen LogP contribution in [0.2, 0.25) is 0 Å². The number of hydrogen-bond acceptors (Lipinski definition) is 12. The van der Waals surface area contributed by atoms with Crippen LogP contribution in [0.15, 0.2) is 60.7 Å². The van der Waals surface area contributed by atoms with Crippen LogP contribution in [0.5, 0.6) is 0 Å². The maximum absolute atomic E-state index is 14.7. The first-order valence-electron chi connectivity index (χ1n) is 24.9. The lowest BCUT2D eigenvalue weighted by molar-refractivity contribution is -0.147. The number of rotatable bonds is 15. The smallest absolute Gasteiger partial charge is 0.249 e. The lowest BCUT2D eigenvalue weighted by atomic mass is 9.83. The van der Waals surface area contributed by atoms with Gasteiger partial charge in [-0.2, -0.15) is 0 Å².